The minimum absolute atomic E-state index is 0.612. The van der Waals surface area contributed by atoms with Crippen LogP contribution in [0.4, 0.5) is 17.3 Å². The van der Waals surface area contributed by atoms with E-state index in [2.05, 4.69) is 22.2 Å². The monoisotopic (exact) mass is 378 g/mol. The van der Waals surface area contributed by atoms with Gasteiger partial charge in [-0.3, -0.25) is 0 Å². The van der Waals surface area contributed by atoms with Gasteiger partial charge in [-0.2, -0.15) is 0 Å². The van der Waals surface area contributed by atoms with E-state index < -0.39 is 0 Å². The number of aromatic nitrogens is 2. The summed E-state index contributed by atoms with van der Waals surface area (Å²) in [5, 5.41) is 8.61. The molecule has 0 amide bonds. The van der Waals surface area contributed by atoms with Crippen molar-refractivity contribution in [2.75, 3.05) is 30.9 Å². The van der Waals surface area contributed by atoms with Crippen LogP contribution in [0.3, 0.4) is 0 Å². The van der Waals surface area contributed by atoms with E-state index in [1.807, 2.05) is 66.8 Å². The fraction of sp³-hybridized carbons (Fsp3) is 0.412. The summed E-state index contributed by atoms with van der Waals surface area (Å²) in [6.07, 6.45) is 3.89. The van der Waals surface area contributed by atoms with Gasteiger partial charge in [0.25, 0.3) is 0 Å². The summed E-state index contributed by atoms with van der Waals surface area (Å²) in [6, 6.07) is 8.03. The molecule has 0 aliphatic heterocycles. The summed E-state index contributed by atoms with van der Waals surface area (Å²) in [5.41, 5.74) is 1.96. The number of azo groups is 1. The van der Waals surface area contributed by atoms with Gasteiger partial charge < -0.3 is 9.64 Å². The van der Waals surface area contributed by atoms with Crippen molar-refractivity contribution in [3.8, 4) is 0 Å². The maximum atomic E-state index is 5.27. The first-order valence-electron chi connectivity index (χ1n) is 8.04. The van der Waals surface area contributed by atoms with Crippen LogP contribution in [0.15, 0.2) is 46.9 Å². The number of nitrogens with zero attached hydrogens (tertiary/aromatic N) is 5. The number of imidazole rings is 1. The molecule has 134 valence electrons. The molecule has 6 nitrogen and oxygen atoms in total. The van der Waals surface area contributed by atoms with Crippen LogP contribution in [-0.2, 0) is 18.8 Å². The number of aryl methyl sites for hydroxylation is 2. The van der Waals surface area contributed by atoms with E-state index in [-0.39, 0.29) is 0 Å². The van der Waals surface area contributed by atoms with Gasteiger partial charge in [-0.05, 0) is 43.4 Å². The van der Waals surface area contributed by atoms with Crippen LogP contribution < -0.4 is 9.47 Å². The molecule has 25 heavy (non-hydrogen) atoms. The van der Waals surface area contributed by atoms with Gasteiger partial charge in [-0.25, -0.2) is 9.13 Å². The highest BCUT2D eigenvalue weighted by Crippen LogP contribution is 2.21. The summed E-state index contributed by atoms with van der Waals surface area (Å²) in [6.45, 7) is 3.45. The highest BCUT2D eigenvalue weighted by atomic mass is 32.2. The molecule has 8 heteroatoms. The van der Waals surface area contributed by atoms with Gasteiger partial charge >= 0.3 is 5.95 Å². The van der Waals surface area contributed by atoms with E-state index in [9.17, 15) is 0 Å². The second-order valence-corrected chi connectivity index (χ2v) is 7.19. The lowest BCUT2D eigenvalue weighted by Crippen LogP contribution is -2.25. The molecule has 0 aliphatic rings. The first-order valence-corrected chi connectivity index (χ1v) is 9.44. The Hall–Kier alpha value is -1.93. The number of hydrogen-bond donors (Lipinski definition) is 0. The second kappa shape index (κ2) is 9.53. The quantitative estimate of drug-likeness (QED) is 0.418. The molecule has 0 bridgehead atoms. The molecule has 0 N–H and O–H groups in total. The largest absolute Gasteiger partial charge is 0.479 e. The van der Waals surface area contributed by atoms with Crippen molar-refractivity contribution < 1.29 is 9.30 Å². The standard InChI is InChI=1S/C17H24N5OS2/c1-5-23-17(24)25-13-12-20(2)15-8-6-14(7-9-15)18-19-16-21(3)10-11-22(16)4/h6-11H,5,12-13H2,1-4H3/q+1. The Morgan fingerprint density at radius 1 is 1.32 bits per heavy atom. The number of rotatable bonds is 7. The van der Waals surface area contributed by atoms with Crippen molar-refractivity contribution in [3.63, 3.8) is 0 Å². The smallest absolute Gasteiger partial charge is 0.421 e. The van der Waals surface area contributed by atoms with E-state index in [0.717, 1.165) is 29.6 Å². The van der Waals surface area contributed by atoms with E-state index in [1.54, 1.807) is 11.8 Å². The van der Waals surface area contributed by atoms with Crippen LogP contribution in [0.2, 0.25) is 0 Å². The molecule has 1 heterocycles. The number of benzene rings is 1. The van der Waals surface area contributed by atoms with Crippen molar-refractivity contribution in [1.29, 1.82) is 0 Å². The third-order valence-corrected chi connectivity index (χ3v) is 4.81. The SMILES string of the molecule is CCOC(=S)SCCN(C)c1ccc(/N=N/c2n(C)cc[n+]2C)cc1. The van der Waals surface area contributed by atoms with Gasteiger partial charge in [-0.1, -0.05) is 16.9 Å². The molecule has 0 radical (unpaired) electrons. The van der Waals surface area contributed by atoms with E-state index in [4.69, 9.17) is 17.0 Å². The third kappa shape index (κ3) is 5.82. The second-order valence-electron chi connectivity index (χ2n) is 5.49. The molecular formula is C17H24N5OS2+. The van der Waals surface area contributed by atoms with Crippen molar-refractivity contribution in [2.24, 2.45) is 24.3 Å². The number of thioether (sulfide) groups is 1. The lowest BCUT2D eigenvalue weighted by molar-refractivity contribution is -0.657. The molecule has 0 saturated heterocycles. The van der Waals surface area contributed by atoms with Gasteiger partial charge in [0.1, 0.15) is 5.69 Å². The first-order chi connectivity index (χ1) is 12.0. The average Bonchev–Trinajstić information content (AvgIpc) is 2.92. The van der Waals surface area contributed by atoms with E-state index in [1.165, 1.54) is 0 Å². The van der Waals surface area contributed by atoms with E-state index in [0.29, 0.717) is 11.0 Å². The Balaban J connectivity index is 1.89. The Morgan fingerprint density at radius 2 is 2.04 bits per heavy atom. The zero-order chi connectivity index (χ0) is 18.2. The lowest BCUT2D eigenvalue weighted by atomic mass is 10.2. The molecule has 0 saturated carbocycles. The molecule has 2 rings (SSSR count). The van der Waals surface area contributed by atoms with Crippen LogP contribution in [0.25, 0.3) is 0 Å². The van der Waals surface area contributed by atoms with Crippen LogP contribution in [-0.4, -0.2) is 34.9 Å². The van der Waals surface area contributed by atoms with Crippen LogP contribution >= 0.6 is 24.0 Å². The molecule has 0 spiro atoms. The maximum Gasteiger partial charge on any atom is 0.421 e. The molecule has 0 unspecified atom stereocenters. The summed E-state index contributed by atoms with van der Waals surface area (Å²) in [5.74, 6) is 1.68. The fourth-order valence-electron chi connectivity index (χ4n) is 2.15. The first kappa shape index (κ1) is 19.4. The molecular weight excluding hydrogens is 354 g/mol. The molecule has 0 fully saturated rings. The Bertz CT molecular complexity index is 708. The highest BCUT2D eigenvalue weighted by molar-refractivity contribution is 8.22. The van der Waals surface area contributed by atoms with Gasteiger partial charge in [0, 0.05) is 30.1 Å². The molecule has 1 aromatic heterocycles. The zero-order valence-electron chi connectivity index (χ0n) is 15.0. The lowest BCUT2D eigenvalue weighted by Gasteiger charge is -2.18. The van der Waals surface area contributed by atoms with Crippen LogP contribution in [0.5, 0.6) is 0 Å². The Kier molecular flexibility index (Phi) is 7.39. The summed E-state index contributed by atoms with van der Waals surface area (Å²) in [7, 11) is 5.95. The topological polar surface area (TPSA) is 46.0 Å². The number of ether oxygens (including phenoxy) is 1. The van der Waals surface area contributed by atoms with Crippen LogP contribution in [0.1, 0.15) is 6.92 Å². The summed E-state index contributed by atoms with van der Waals surface area (Å²) >= 11 is 6.68. The van der Waals surface area contributed by atoms with Crippen molar-refractivity contribution >= 4 is 45.7 Å². The molecule has 0 atom stereocenters. The number of hydrogen-bond acceptors (Lipinski definition) is 6. The highest BCUT2D eigenvalue weighted by Gasteiger charge is 2.10. The molecule has 1 aromatic carbocycles. The summed E-state index contributed by atoms with van der Waals surface area (Å²) < 4.78 is 9.73. The minimum Gasteiger partial charge on any atom is -0.479 e. The van der Waals surface area contributed by atoms with Crippen molar-refractivity contribution in [2.45, 2.75) is 6.92 Å². The van der Waals surface area contributed by atoms with Gasteiger partial charge in [0.15, 0.2) is 0 Å². The maximum absolute atomic E-state index is 5.27. The van der Waals surface area contributed by atoms with E-state index >= 15 is 0 Å². The molecule has 2 aromatic rings. The minimum atomic E-state index is 0.612. The Morgan fingerprint density at radius 3 is 2.64 bits per heavy atom. The summed E-state index contributed by atoms with van der Waals surface area (Å²) in [4.78, 5) is 2.18. The molecule has 0 aliphatic carbocycles. The van der Waals surface area contributed by atoms with Gasteiger partial charge in [-0.15, -0.1) is 0 Å². The predicted octanol–water partition coefficient (Wildman–Crippen LogP) is 3.76. The van der Waals surface area contributed by atoms with Gasteiger partial charge in [0.05, 0.1) is 33.1 Å². The fourth-order valence-corrected chi connectivity index (χ4v) is 3.25. The third-order valence-electron chi connectivity index (χ3n) is 3.60. The number of anilines is 1. The van der Waals surface area contributed by atoms with Crippen molar-refractivity contribution in [3.05, 3.63) is 36.7 Å². The van der Waals surface area contributed by atoms with Gasteiger partial charge in [0.2, 0.25) is 4.38 Å². The average molecular weight is 379 g/mol. The van der Waals surface area contributed by atoms with Crippen LogP contribution in [0, 0.1) is 0 Å². The Labute approximate surface area is 158 Å². The number of thiocarbonyl (C=S) groups is 1. The zero-order valence-corrected chi connectivity index (χ0v) is 16.7. The normalized spacial score (nSPS) is 11.0. The van der Waals surface area contributed by atoms with Crippen molar-refractivity contribution in [1.82, 2.24) is 4.57 Å². The predicted molar refractivity (Wildman–Crippen MR) is 107 cm³/mol.